The summed E-state index contributed by atoms with van der Waals surface area (Å²) in [5, 5.41) is 9.08. The van der Waals surface area contributed by atoms with Crippen LogP contribution in [0.2, 0.25) is 0 Å². The highest BCUT2D eigenvalue weighted by atomic mass is 16.4. The highest BCUT2D eigenvalue weighted by Crippen LogP contribution is 2.76. The Labute approximate surface area is 84.7 Å². The lowest BCUT2D eigenvalue weighted by atomic mass is 9.44. The first-order valence-corrected chi connectivity index (χ1v) is 5.71. The predicted octanol–water partition coefficient (Wildman–Crippen LogP) is 2.53. The molecule has 0 heterocycles. The molecule has 2 bridgehead atoms. The summed E-state index contributed by atoms with van der Waals surface area (Å²) in [5.74, 6) is 1.03. The third kappa shape index (κ3) is 0.768. The third-order valence-corrected chi connectivity index (χ3v) is 5.54. The van der Waals surface area contributed by atoms with Crippen LogP contribution in [0.3, 0.4) is 0 Å². The Morgan fingerprint density at radius 3 is 2.57 bits per heavy atom. The minimum Gasteiger partial charge on any atom is -0.481 e. The molecule has 0 amide bonds. The number of carbonyl (C=O) groups is 1. The lowest BCUT2D eigenvalue weighted by Gasteiger charge is -2.61. The molecule has 2 nitrogen and oxygen atoms in total. The second kappa shape index (κ2) is 2.17. The van der Waals surface area contributed by atoms with E-state index in [1.54, 1.807) is 0 Å². The molecule has 2 heteroatoms. The minimum absolute atomic E-state index is 0.00646. The molecule has 4 rings (SSSR count). The maximum Gasteiger partial charge on any atom is 0.307 e. The standard InChI is InChI=1S/C12H18O2/c1-11(2)7-3-4-12(9(11)5-7)6-8(12)10(13)14/h7-9H,3-6H2,1-2H3,(H,13,14)/t7-,8+,9+,12-/m0/s1. The Kier molecular flexibility index (Phi) is 1.36. The second-order valence-corrected chi connectivity index (χ2v) is 6.17. The largest absolute Gasteiger partial charge is 0.481 e. The average Bonchev–Trinajstić information content (AvgIpc) is 2.79. The molecule has 1 spiro atoms. The van der Waals surface area contributed by atoms with E-state index in [0.29, 0.717) is 11.3 Å². The first-order chi connectivity index (χ1) is 6.48. The molecule has 0 aromatic heterocycles. The number of hydrogen-bond donors (Lipinski definition) is 1. The summed E-state index contributed by atoms with van der Waals surface area (Å²) >= 11 is 0. The molecule has 0 saturated heterocycles. The fraction of sp³-hybridized carbons (Fsp3) is 0.917. The smallest absolute Gasteiger partial charge is 0.307 e. The maximum absolute atomic E-state index is 11.0. The number of fused-ring (bicyclic) bond motifs is 1. The fourth-order valence-electron chi connectivity index (χ4n) is 4.41. The van der Waals surface area contributed by atoms with Gasteiger partial charge in [0.25, 0.3) is 0 Å². The minimum atomic E-state index is -0.550. The summed E-state index contributed by atoms with van der Waals surface area (Å²) in [6, 6.07) is 0. The van der Waals surface area contributed by atoms with Crippen molar-refractivity contribution in [2.75, 3.05) is 0 Å². The van der Waals surface area contributed by atoms with Crippen molar-refractivity contribution in [3.63, 3.8) is 0 Å². The zero-order valence-corrected chi connectivity index (χ0v) is 8.92. The summed E-state index contributed by atoms with van der Waals surface area (Å²) in [5.41, 5.74) is 0.659. The van der Waals surface area contributed by atoms with Crippen LogP contribution < -0.4 is 0 Å². The van der Waals surface area contributed by atoms with Crippen LogP contribution in [0.25, 0.3) is 0 Å². The fourth-order valence-corrected chi connectivity index (χ4v) is 4.41. The predicted molar refractivity (Wildman–Crippen MR) is 52.8 cm³/mol. The van der Waals surface area contributed by atoms with Crippen LogP contribution in [0.1, 0.15) is 39.5 Å². The summed E-state index contributed by atoms with van der Waals surface area (Å²) < 4.78 is 0. The van der Waals surface area contributed by atoms with Crippen molar-refractivity contribution in [3.8, 4) is 0 Å². The van der Waals surface area contributed by atoms with Crippen molar-refractivity contribution in [1.29, 1.82) is 0 Å². The quantitative estimate of drug-likeness (QED) is 0.696. The Balaban J connectivity index is 1.87. The molecule has 4 atom stereocenters. The van der Waals surface area contributed by atoms with E-state index in [0.717, 1.165) is 12.3 Å². The SMILES string of the molecule is CC1(C)[C@H]2CC[C@@]3(C[C@@H]3C(=O)O)[C@@H]1C2. The van der Waals surface area contributed by atoms with E-state index < -0.39 is 5.97 Å². The van der Waals surface area contributed by atoms with Crippen LogP contribution in [0.15, 0.2) is 0 Å². The molecule has 1 N–H and O–H groups in total. The van der Waals surface area contributed by atoms with Gasteiger partial charge in [0.05, 0.1) is 5.92 Å². The third-order valence-electron chi connectivity index (χ3n) is 5.54. The number of carboxylic acid groups (broad SMARTS) is 1. The van der Waals surface area contributed by atoms with Crippen molar-refractivity contribution < 1.29 is 9.90 Å². The molecular weight excluding hydrogens is 176 g/mol. The van der Waals surface area contributed by atoms with Crippen molar-refractivity contribution in [3.05, 3.63) is 0 Å². The molecule has 14 heavy (non-hydrogen) atoms. The van der Waals surface area contributed by atoms with Gasteiger partial charge < -0.3 is 5.11 Å². The molecule has 4 aliphatic carbocycles. The van der Waals surface area contributed by atoms with Crippen LogP contribution in [0.5, 0.6) is 0 Å². The number of aliphatic carboxylic acids is 1. The van der Waals surface area contributed by atoms with Crippen LogP contribution in [0.4, 0.5) is 0 Å². The van der Waals surface area contributed by atoms with E-state index in [4.69, 9.17) is 5.11 Å². The van der Waals surface area contributed by atoms with Crippen molar-refractivity contribution in [1.82, 2.24) is 0 Å². The Morgan fingerprint density at radius 2 is 2.14 bits per heavy atom. The molecule has 0 unspecified atom stereocenters. The summed E-state index contributed by atoms with van der Waals surface area (Å²) in [7, 11) is 0. The van der Waals surface area contributed by atoms with Gasteiger partial charge >= 0.3 is 5.97 Å². The first-order valence-electron chi connectivity index (χ1n) is 5.71. The van der Waals surface area contributed by atoms with Gasteiger partial charge in [-0.05, 0) is 48.3 Å². The molecule has 0 aromatic carbocycles. The highest BCUT2D eigenvalue weighted by Gasteiger charge is 2.72. The Hall–Kier alpha value is -0.530. The molecular formula is C12H18O2. The lowest BCUT2D eigenvalue weighted by Crippen LogP contribution is -2.54. The van der Waals surface area contributed by atoms with Gasteiger partial charge in [-0.15, -0.1) is 0 Å². The molecule has 0 radical (unpaired) electrons. The number of hydrogen-bond acceptors (Lipinski definition) is 1. The van der Waals surface area contributed by atoms with Gasteiger partial charge in [-0.2, -0.15) is 0 Å². The number of rotatable bonds is 1. The lowest BCUT2D eigenvalue weighted by molar-refractivity contribution is -0.148. The van der Waals surface area contributed by atoms with E-state index in [2.05, 4.69) is 13.8 Å². The summed E-state index contributed by atoms with van der Waals surface area (Å²) in [6.07, 6.45) is 4.72. The Morgan fingerprint density at radius 1 is 1.43 bits per heavy atom. The first kappa shape index (κ1) is 8.75. The van der Waals surface area contributed by atoms with Crippen LogP contribution >= 0.6 is 0 Å². The van der Waals surface area contributed by atoms with E-state index in [1.807, 2.05) is 0 Å². The summed E-state index contributed by atoms with van der Waals surface area (Å²) in [6.45, 7) is 4.67. The van der Waals surface area contributed by atoms with Gasteiger partial charge in [0.1, 0.15) is 0 Å². The monoisotopic (exact) mass is 194 g/mol. The molecule has 0 aliphatic heterocycles. The molecule has 78 valence electrons. The van der Waals surface area contributed by atoms with Gasteiger partial charge in [-0.3, -0.25) is 4.79 Å². The normalized spacial score (nSPS) is 52.6. The van der Waals surface area contributed by atoms with Gasteiger partial charge in [0.15, 0.2) is 0 Å². The zero-order chi connectivity index (χ0) is 10.1. The van der Waals surface area contributed by atoms with E-state index in [1.165, 1.54) is 19.3 Å². The van der Waals surface area contributed by atoms with E-state index >= 15 is 0 Å². The zero-order valence-electron chi connectivity index (χ0n) is 8.92. The molecule has 4 fully saturated rings. The van der Waals surface area contributed by atoms with Gasteiger partial charge in [-0.1, -0.05) is 13.8 Å². The summed E-state index contributed by atoms with van der Waals surface area (Å²) in [4.78, 5) is 11.0. The maximum atomic E-state index is 11.0. The molecule has 0 aromatic rings. The van der Waals surface area contributed by atoms with Crippen molar-refractivity contribution in [2.45, 2.75) is 39.5 Å². The van der Waals surface area contributed by atoms with Crippen molar-refractivity contribution in [2.24, 2.45) is 28.6 Å². The molecule has 4 aliphatic rings. The van der Waals surface area contributed by atoms with Crippen LogP contribution in [0, 0.1) is 28.6 Å². The second-order valence-electron chi connectivity index (χ2n) is 6.17. The van der Waals surface area contributed by atoms with Gasteiger partial charge in [-0.25, -0.2) is 0 Å². The highest BCUT2D eigenvalue weighted by molar-refractivity contribution is 5.75. The molecule has 4 saturated carbocycles. The van der Waals surface area contributed by atoms with Crippen molar-refractivity contribution >= 4 is 5.97 Å². The van der Waals surface area contributed by atoms with Gasteiger partial charge in [0.2, 0.25) is 0 Å². The number of carboxylic acids is 1. The Bertz CT molecular complexity index is 305. The van der Waals surface area contributed by atoms with E-state index in [9.17, 15) is 4.79 Å². The van der Waals surface area contributed by atoms with Crippen LogP contribution in [-0.4, -0.2) is 11.1 Å². The van der Waals surface area contributed by atoms with Crippen LogP contribution in [-0.2, 0) is 4.79 Å². The van der Waals surface area contributed by atoms with E-state index in [-0.39, 0.29) is 11.3 Å². The van der Waals surface area contributed by atoms with Gasteiger partial charge in [0, 0.05) is 0 Å². The topological polar surface area (TPSA) is 37.3 Å². The average molecular weight is 194 g/mol.